The molecule has 1 unspecified atom stereocenters. The second kappa shape index (κ2) is 4.61. The second-order valence-electron chi connectivity index (χ2n) is 4.85. The van der Waals surface area contributed by atoms with E-state index in [0.717, 1.165) is 30.7 Å². The Morgan fingerprint density at radius 1 is 1.39 bits per heavy atom. The van der Waals surface area contributed by atoms with Crippen LogP contribution in [0.2, 0.25) is 0 Å². The summed E-state index contributed by atoms with van der Waals surface area (Å²) in [5, 5.41) is 8.95. The molecule has 1 N–H and O–H groups in total. The highest BCUT2D eigenvalue weighted by Gasteiger charge is 2.19. The number of hydrogen-bond donors (Lipinski definition) is 1. The summed E-state index contributed by atoms with van der Waals surface area (Å²) < 4.78 is 7.84. The number of nitrogens with zero attached hydrogens (tertiary/aromatic N) is 2. The lowest BCUT2D eigenvalue weighted by Gasteiger charge is -2.23. The van der Waals surface area contributed by atoms with Crippen molar-refractivity contribution >= 4 is 16.6 Å². The number of fused-ring (bicyclic) bond motifs is 1. The van der Waals surface area contributed by atoms with Gasteiger partial charge in [-0.3, -0.25) is 0 Å². The second-order valence-corrected chi connectivity index (χ2v) is 4.85. The van der Waals surface area contributed by atoms with Crippen molar-refractivity contribution in [3.05, 3.63) is 23.9 Å². The molecule has 3 rings (SSSR count). The first kappa shape index (κ1) is 11.5. The van der Waals surface area contributed by atoms with Crippen LogP contribution in [0.15, 0.2) is 18.3 Å². The van der Waals surface area contributed by atoms with E-state index >= 15 is 0 Å². The van der Waals surface area contributed by atoms with Gasteiger partial charge in [-0.2, -0.15) is 5.10 Å². The van der Waals surface area contributed by atoms with Gasteiger partial charge in [0.25, 0.3) is 0 Å². The molecule has 18 heavy (non-hydrogen) atoms. The van der Waals surface area contributed by atoms with Gasteiger partial charge in [-0.1, -0.05) is 6.07 Å². The van der Waals surface area contributed by atoms with E-state index < -0.39 is 0 Å². The summed E-state index contributed by atoms with van der Waals surface area (Å²) in [5.41, 5.74) is 3.56. The van der Waals surface area contributed by atoms with Crippen LogP contribution in [0.5, 0.6) is 0 Å². The minimum Gasteiger partial charge on any atom is -0.387 e. The SMILES string of the molecule is CNc1c(C)ccc2c1cnn2C1CCCCO1. The predicted molar refractivity (Wildman–Crippen MR) is 72.9 cm³/mol. The van der Waals surface area contributed by atoms with Crippen LogP contribution in [0.3, 0.4) is 0 Å². The van der Waals surface area contributed by atoms with Crippen LogP contribution in [-0.2, 0) is 4.74 Å². The third-order valence-electron chi connectivity index (χ3n) is 3.67. The maximum Gasteiger partial charge on any atom is 0.150 e. The fourth-order valence-corrected chi connectivity index (χ4v) is 2.71. The normalized spacial score (nSPS) is 20.2. The summed E-state index contributed by atoms with van der Waals surface area (Å²) in [7, 11) is 1.95. The monoisotopic (exact) mass is 245 g/mol. The van der Waals surface area contributed by atoms with Gasteiger partial charge in [-0.05, 0) is 37.8 Å². The standard InChI is InChI=1S/C14H19N3O/c1-10-6-7-12-11(14(10)15-2)9-16-17(12)13-5-3-4-8-18-13/h6-7,9,13,15H,3-5,8H2,1-2H3. The molecule has 0 saturated carbocycles. The smallest absolute Gasteiger partial charge is 0.150 e. The summed E-state index contributed by atoms with van der Waals surface area (Å²) in [6, 6.07) is 4.27. The number of ether oxygens (including phenoxy) is 1. The molecule has 0 bridgehead atoms. The molecule has 1 aliphatic heterocycles. The highest BCUT2D eigenvalue weighted by molar-refractivity contribution is 5.93. The maximum absolute atomic E-state index is 5.81. The van der Waals surface area contributed by atoms with Gasteiger partial charge in [0.1, 0.15) is 0 Å². The molecule has 0 spiro atoms. The van der Waals surface area contributed by atoms with Crippen LogP contribution < -0.4 is 5.32 Å². The van der Waals surface area contributed by atoms with Crippen molar-refractivity contribution < 1.29 is 4.74 Å². The molecule has 1 saturated heterocycles. The Labute approximate surface area is 107 Å². The van der Waals surface area contributed by atoms with Crippen LogP contribution in [0, 0.1) is 6.92 Å². The van der Waals surface area contributed by atoms with Crippen LogP contribution in [0.4, 0.5) is 5.69 Å². The minimum absolute atomic E-state index is 0.101. The van der Waals surface area contributed by atoms with Gasteiger partial charge in [0.2, 0.25) is 0 Å². The number of anilines is 1. The van der Waals surface area contributed by atoms with Gasteiger partial charge >= 0.3 is 0 Å². The number of aromatic nitrogens is 2. The zero-order valence-corrected chi connectivity index (χ0v) is 10.9. The first-order chi connectivity index (χ1) is 8.81. The number of aryl methyl sites for hydroxylation is 1. The molecule has 2 aromatic rings. The summed E-state index contributed by atoms with van der Waals surface area (Å²) >= 11 is 0. The van der Waals surface area contributed by atoms with E-state index in [0.29, 0.717) is 0 Å². The summed E-state index contributed by atoms with van der Waals surface area (Å²) in [6.45, 7) is 2.95. The molecule has 4 nitrogen and oxygen atoms in total. The Hall–Kier alpha value is -1.55. The Bertz CT molecular complexity index is 555. The van der Waals surface area contributed by atoms with Gasteiger partial charge < -0.3 is 10.1 Å². The third-order valence-corrected chi connectivity index (χ3v) is 3.67. The topological polar surface area (TPSA) is 39.1 Å². The largest absolute Gasteiger partial charge is 0.387 e. The summed E-state index contributed by atoms with van der Waals surface area (Å²) in [5.74, 6) is 0. The maximum atomic E-state index is 5.81. The van der Waals surface area contributed by atoms with Gasteiger partial charge in [0, 0.05) is 24.7 Å². The van der Waals surface area contributed by atoms with E-state index in [1.807, 2.05) is 17.9 Å². The average Bonchev–Trinajstić information content (AvgIpc) is 2.83. The fourth-order valence-electron chi connectivity index (χ4n) is 2.71. The predicted octanol–water partition coefficient (Wildman–Crippen LogP) is 3.09. The van der Waals surface area contributed by atoms with Crippen molar-refractivity contribution in [2.75, 3.05) is 19.0 Å². The van der Waals surface area contributed by atoms with Crippen LogP contribution in [-0.4, -0.2) is 23.4 Å². The van der Waals surface area contributed by atoms with Crippen molar-refractivity contribution in [1.82, 2.24) is 9.78 Å². The Kier molecular flexibility index (Phi) is 2.96. The Balaban J connectivity index is 2.08. The van der Waals surface area contributed by atoms with Crippen LogP contribution in [0.1, 0.15) is 31.1 Å². The molecule has 96 valence electrons. The lowest BCUT2D eigenvalue weighted by atomic mass is 10.1. The summed E-state index contributed by atoms with van der Waals surface area (Å²) in [4.78, 5) is 0. The molecule has 1 aliphatic rings. The Morgan fingerprint density at radius 3 is 3.00 bits per heavy atom. The first-order valence-corrected chi connectivity index (χ1v) is 6.57. The molecule has 1 atom stereocenters. The van der Waals surface area contributed by atoms with Gasteiger partial charge in [0.15, 0.2) is 6.23 Å². The van der Waals surface area contributed by atoms with Crippen LogP contribution >= 0.6 is 0 Å². The molecule has 2 heterocycles. The molecule has 4 heteroatoms. The number of hydrogen-bond acceptors (Lipinski definition) is 3. The van der Waals surface area contributed by atoms with Crippen molar-refractivity contribution in [2.45, 2.75) is 32.4 Å². The van der Waals surface area contributed by atoms with E-state index in [9.17, 15) is 0 Å². The molecule has 1 fully saturated rings. The van der Waals surface area contributed by atoms with E-state index in [1.165, 1.54) is 17.4 Å². The molecule has 1 aromatic heterocycles. The molecular weight excluding hydrogens is 226 g/mol. The highest BCUT2D eigenvalue weighted by atomic mass is 16.5. The van der Waals surface area contributed by atoms with E-state index in [-0.39, 0.29) is 6.23 Å². The minimum atomic E-state index is 0.101. The van der Waals surface area contributed by atoms with Gasteiger partial charge in [-0.25, -0.2) is 4.68 Å². The van der Waals surface area contributed by atoms with Gasteiger partial charge in [-0.15, -0.1) is 0 Å². The van der Waals surface area contributed by atoms with Crippen LogP contribution in [0.25, 0.3) is 10.9 Å². The van der Waals surface area contributed by atoms with Gasteiger partial charge in [0.05, 0.1) is 11.7 Å². The highest BCUT2D eigenvalue weighted by Crippen LogP contribution is 2.31. The quantitative estimate of drug-likeness (QED) is 0.883. The zero-order chi connectivity index (χ0) is 12.5. The van der Waals surface area contributed by atoms with E-state index in [2.05, 4.69) is 29.5 Å². The molecular formula is C14H19N3O. The average molecular weight is 245 g/mol. The number of rotatable bonds is 2. The number of benzene rings is 1. The number of nitrogens with one attached hydrogen (secondary N) is 1. The van der Waals surface area contributed by atoms with E-state index in [4.69, 9.17) is 4.74 Å². The zero-order valence-electron chi connectivity index (χ0n) is 10.9. The third kappa shape index (κ3) is 1.77. The van der Waals surface area contributed by atoms with E-state index in [1.54, 1.807) is 0 Å². The molecule has 1 aromatic carbocycles. The lowest BCUT2D eigenvalue weighted by molar-refractivity contribution is -0.0366. The lowest BCUT2D eigenvalue weighted by Crippen LogP contribution is -2.18. The molecule has 0 amide bonds. The van der Waals surface area contributed by atoms with Crippen molar-refractivity contribution in [2.24, 2.45) is 0 Å². The Morgan fingerprint density at radius 2 is 2.28 bits per heavy atom. The van der Waals surface area contributed by atoms with Crippen molar-refractivity contribution in [1.29, 1.82) is 0 Å². The first-order valence-electron chi connectivity index (χ1n) is 6.57. The summed E-state index contributed by atoms with van der Waals surface area (Å²) in [6.07, 6.45) is 5.47. The van der Waals surface area contributed by atoms with Crippen molar-refractivity contribution in [3.8, 4) is 0 Å². The molecule has 0 radical (unpaired) electrons. The molecule has 0 aliphatic carbocycles. The van der Waals surface area contributed by atoms with Crippen molar-refractivity contribution in [3.63, 3.8) is 0 Å². The fraction of sp³-hybridized carbons (Fsp3) is 0.500.